The zero-order chi connectivity index (χ0) is 17.9. The first-order valence-electron chi connectivity index (χ1n) is 7.35. The zero-order valence-electron chi connectivity index (χ0n) is 14.2. The summed E-state index contributed by atoms with van der Waals surface area (Å²) in [5.74, 6) is 1.29. The van der Waals surface area contributed by atoms with Gasteiger partial charge in [-0.15, -0.1) is 11.8 Å². The van der Waals surface area contributed by atoms with Gasteiger partial charge in [-0.3, -0.25) is 0 Å². The third-order valence-electron chi connectivity index (χ3n) is 3.35. The number of allylic oxidation sites excluding steroid dienone is 1. The van der Waals surface area contributed by atoms with Gasteiger partial charge < -0.3 is 4.74 Å². The Morgan fingerprint density at radius 3 is 2.42 bits per heavy atom. The molecule has 0 saturated carbocycles. The summed E-state index contributed by atoms with van der Waals surface area (Å²) in [5, 5.41) is 5.22. The molecule has 2 aromatic rings. The lowest BCUT2D eigenvalue weighted by atomic mass is 10.1. The quantitative estimate of drug-likeness (QED) is 0.790. The molecule has 0 spiro atoms. The largest absolute Gasteiger partial charge is 0.457 e. The Bertz CT molecular complexity index is 883. The predicted octanol–water partition coefficient (Wildman–Crippen LogP) is 4.58. The third kappa shape index (κ3) is 4.63. The molecule has 0 fully saturated rings. The van der Waals surface area contributed by atoms with Crippen molar-refractivity contribution in [2.45, 2.75) is 30.6 Å². The highest BCUT2D eigenvalue weighted by Gasteiger charge is 2.12. The van der Waals surface area contributed by atoms with E-state index < -0.39 is 10.0 Å². The first-order valence-corrected chi connectivity index (χ1v) is 10.1. The van der Waals surface area contributed by atoms with Crippen LogP contribution >= 0.6 is 11.8 Å². The molecule has 2 rings (SSSR count). The lowest BCUT2D eigenvalue weighted by Gasteiger charge is -2.12. The van der Waals surface area contributed by atoms with Gasteiger partial charge in [-0.05, 0) is 69.0 Å². The third-order valence-corrected chi connectivity index (χ3v) is 5.16. The average Bonchev–Trinajstić information content (AvgIpc) is 2.47. The van der Waals surface area contributed by atoms with E-state index in [4.69, 9.17) is 9.88 Å². The van der Waals surface area contributed by atoms with Gasteiger partial charge in [0.25, 0.3) is 0 Å². The lowest BCUT2D eigenvalue weighted by molar-refractivity contribution is 0.480. The van der Waals surface area contributed by atoms with E-state index in [1.54, 1.807) is 17.8 Å². The van der Waals surface area contributed by atoms with Gasteiger partial charge in [0.1, 0.15) is 11.5 Å². The Morgan fingerprint density at radius 1 is 1.17 bits per heavy atom. The standard InChI is InChI=1S/C18H21NO3S2/c1-12(2)9-14-11-16(24(19,20)21)6-7-17(14)22-15-5-8-18(23-4)13(3)10-15/h5-11H,1-4H3,(H2,19,20,21). The van der Waals surface area contributed by atoms with E-state index in [0.29, 0.717) is 17.1 Å². The van der Waals surface area contributed by atoms with Crippen molar-refractivity contribution in [2.24, 2.45) is 5.14 Å². The summed E-state index contributed by atoms with van der Waals surface area (Å²) in [7, 11) is -3.75. The number of aryl methyl sites for hydroxylation is 1. The molecular weight excluding hydrogens is 342 g/mol. The van der Waals surface area contributed by atoms with Crippen LogP contribution in [0.1, 0.15) is 25.0 Å². The molecule has 0 bridgehead atoms. The second kappa shape index (κ2) is 7.42. The van der Waals surface area contributed by atoms with Gasteiger partial charge in [0.15, 0.2) is 0 Å². The first-order chi connectivity index (χ1) is 11.2. The minimum Gasteiger partial charge on any atom is -0.457 e. The van der Waals surface area contributed by atoms with Crippen LogP contribution in [0, 0.1) is 6.92 Å². The normalized spacial score (nSPS) is 11.2. The summed E-state index contributed by atoms with van der Waals surface area (Å²) in [5.41, 5.74) is 2.83. The summed E-state index contributed by atoms with van der Waals surface area (Å²) < 4.78 is 29.1. The smallest absolute Gasteiger partial charge is 0.238 e. The van der Waals surface area contributed by atoms with Crippen LogP contribution in [0.15, 0.2) is 51.8 Å². The lowest BCUT2D eigenvalue weighted by Crippen LogP contribution is -2.12. The van der Waals surface area contributed by atoms with Gasteiger partial charge in [-0.2, -0.15) is 0 Å². The molecule has 0 unspecified atom stereocenters. The predicted molar refractivity (Wildman–Crippen MR) is 100 cm³/mol. The van der Waals surface area contributed by atoms with Crippen LogP contribution in [0.2, 0.25) is 0 Å². The Balaban J connectivity index is 2.46. The molecule has 0 aliphatic heterocycles. The van der Waals surface area contributed by atoms with Gasteiger partial charge in [0.2, 0.25) is 10.0 Å². The number of hydrogen-bond donors (Lipinski definition) is 1. The number of thioether (sulfide) groups is 1. The number of rotatable bonds is 5. The maximum Gasteiger partial charge on any atom is 0.238 e. The summed E-state index contributed by atoms with van der Waals surface area (Å²) in [4.78, 5) is 1.26. The molecule has 0 aliphatic rings. The molecule has 0 aromatic heterocycles. The minimum atomic E-state index is -3.75. The van der Waals surface area contributed by atoms with Gasteiger partial charge in [-0.1, -0.05) is 11.6 Å². The molecule has 0 heterocycles. The molecule has 0 amide bonds. The van der Waals surface area contributed by atoms with Crippen LogP contribution in [-0.4, -0.2) is 14.7 Å². The monoisotopic (exact) mass is 363 g/mol. The fraction of sp³-hybridized carbons (Fsp3) is 0.222. The fourth-order valence-electron chi connectivity index (χ4n) is 2.26. The van der Waals surface area contributed by atoms with E-state index in [1.807, 2.05) is 51.3 Å². The highest BCUT2D eigenvalue weighted by atomic mass is 32.2. The molecule has 2 N–H and O–H groups in total. The zero-order valence-corrected chi connectivity index (χ0v) is 15.8. The maximum absolute atomic E-state index is 11.6. The Hall–Kier alpha value is -1.76. The number of nitrogens with two attached hydrogens (primary N) is 1. The van der Waals surface area contributed by atoms with Crippen molar-refractivity contribution in [3.05, 3.63) is 53.1 Å². The van der Waals surface area contributed by atoms with E-state index in [0.717, 1.165) is 11.1 Å². The molecule has 0 saturated heterocycles. The van der Waals surface area contributed by atoms with Crippen molar-refractivity contribution in [3.63, 3.8) is 0 Å². The summed E-state index contributed by atoms with van der Waals surface area (Å²) in [6.07, 6.45) is 3.90. The molecule has 2 aromatic carbocycles. The topological polar surface area (TPSA) is 69.4 Å². The SMILES string of the molecule is CSc1ccc(Oc2ccc(S(N)(=O)=O)cc2C=C(C)C)cc1C. The van der Waals surface area contributed by atoms with Crippen LogP contribution in [0.3, 0.4) is 0 Å². The Kier molecular flexibility index (Phi) is 5.74. The Morgan fingerprint density at radius 2 is 1.88 bits per heavy atom. The maximum atomic E-state index is 11.6. The molecule has 0 aliphatic carbocycles. The van der Waals surface area contributed by atoms with E-state index in [-0.39, 0.29) is 4.90 Å². The van der Waals surface area contributed by atoms with E-state index in [9.17, 15) is 8.42 Å². The Labute approximate surface area is 147 Å². The molecule has 4 nitrogen and oxygen atoms in total. The highest BCUT2D eigenvalue weighted by Crippen LogP contribution is 2.31. The fourth-order valence-corrected chi connectivity index (χ4v) is 3.40. The van der Waals surface area contributed by atoms with Crippen LogP contribution < -0.4 is 9.88 Å². The number of sulfonamides is 1. The summed E-state index contributed by atoms with van der Waals surface area (Å²) >= 11 is 1.68. The van der Waals surface area contributed by atoms with E-state index >= 15 is 0 Å². The molecule has 6 heteroatoms. The number of hydrogen-bond acceptors (Lipinski definition) is 4. The number of benzene rings is 2. The minimum absolute atomic E-state index is 0.0660. The van der Waals surface area contributed by atoms with Crippen LogP contribution in [0.4, 0.5) is 0 Å². The van der Waals surface area contributed by atoms with Crippen LogP contribution in [0.25, 0.3) is 6.08 Å². The van der Waals surface area contributed by atoms with Gasteiger partial charge in [0.05, 0.1) is 4.90 Å². The second-order valence-electron chi connectivity index (χ2n) is 5.70. The van der Waals surface area contributed by atoms with E-state index in [1.165, 1.54) is 17.0 Å². The molecule has 24 heavy (non-hydrogen) atoms. The summed E-state index contributed by atoms with van der Waals surface area (Å²) in [6.45, 7) is 5.90. The molecular formula is C18H21NO3S2. The molecule has 0 atom stereocenters. The van der Waals surface area contributed by atoms with Crippen molar-refractivity contribution in [2.75, 3.05) is 6.26 Å². The number of primary sulfonamides is 1. The number of ether oxygens (including phenoxy) is 1. The van der Waals surface area contributed by atoms with Crippen molar-refractivity contribution >= 4 is 27.9 Å². The molecule has 128 valence electrons. The van der Waals surface area contributed by atoms with Gasteiger partial charge in [-0.25, -0.2) is 13.6 Å². The van der Waals surface area contributed by atoms with Crippen molar-refractivity contribution in [1.82, 2.24) is 0 Å². The average molecular weight is 364 g/mol. The van der Waals surface area contributed by atoms with Crippen LogP contribution in [0.5, 0.6) is 11.5 Å². The second-order valence-corrected chi connectivity index (χ2v) is 8.11. The van der Waals surface area contributed by atoms with Gasteiger partial charge >= 0.3 is 0 Å². The van der Waals surface area contributed by atoms with E-state index in [2.05, 4.69) is 0 Å². The van der Waals surface area contributed by atoms with Crippen molar-refractivity contribution < 1.29 is 13.2 Å². The van der Waals surface area contributed by atoms with Crippen LogP contribution in [-0.2, 0) is 10.0 Å². The molecule has 0 radical (unpaired) electrons. The first kappa shape index (κ1) is 18.6. The summed E-state index contributed by atoms with van der Waals surface area (Å²) in [6, 6.07) is 10.5. The van der Waals surface area contributed by atoms with Gasteiger partial charge in [0, 0.05) is 10.5 Å². The van der Waals surface area contributed by atoms with Crippen molar-refractivity contribution in [3.8, 4) is 11.5 Å². The highest BCUT2D eigenvalue weighted by molar-refractivity contribution is 7.98. The van der Waals surface area contributed by atoms with Crippen molar-refractivity contribution in [1.29, 1.82) is 0 Å².